The van der Waals surface area contributed by atoms with Gasteiger partial charge in [0.1, 0.15) is 5.75 Å². The van der Waals surface area contributed by atoms with Gasteiger partial charge in [-0.1, -0.05) is 0 Å². The van der Waals surface area contributed by atoms with E-state index in [1.807, 2.05) is 0 Å². The average Bonchev–Trinajstić information content (AvgIpc) is 2.68. The standard InChI is InChI=1S/C11H13NO4/c1-14-8-4-6-9(7(13)5-12-6)11(16-3)10(8)15-2/h4-5,12-13H,1-3H3. The molecule has 5 nitrogen and oxygen atoms in total. The van der Waals surface area contributed by atoms with Crippen LogP contribution in [0.1, 0.15) is 0 Å². The normalized spacial score (nSPS) is 10.4. The maximum Gasteiger partial charge on any atom is 0.204 e. The van der Waals surface area contributed by atoms with Crippen molar-refractivity contribution in [2.75, 3.05) is 21.3 Å². The van der Waals surface area contributed by atoms with E-state index in [-0.39, 0.29) is 5.75 Å². The van der Waals surface area contributed by atoms with E-state index in [2.05, 4.69) is 4.98 Å². The minimum absolute atomic E-state index is 0.118. The lowest BCUT2D eigenvalue weighted by atomic mass is 10.2. The molecule has 0 amide bonds. The molecule has 0 fully saturated rings. The van der Waals surface area contributed by atoms with Crippen LogP contribution in [0.5, 0.6) is 23.0 Å². The Morgan fingerprint density at radius 3 is 2.31 bits per heavy atom. The second-order valence-corrected chi connectivity index (χ2v) is 3.24. The first kappa shape index (κ1) is 10.5. The lowest BCUT2D eigenvalue weighted by molar-refractivity contribution is 0.326. The number of aromatic hydroxyl groups is 1. The number of benzene rings is 1. The lowest BCUT2D eigenvalue weighted by Gasteiger charge is -2.12. The van der Waals surface area contributed by atoms with Crippen LogP contribution >= 0.6 is 0 Å². The van der Waals surface area contributed by atoms with Crippen molar-refractivity contribution in [3.05, 3.63) is 12.3 Å². The average molecular weight is 223 g/mol. The van der Waals surface area contributed by atoms with Gasteiger partial charge < -0.3 is 24.3 Å². The molecule has 0 radical (unpaired) electrons. The molecule has 0 spiro atoms. The van der Waals surface area contributed by atoms with Gasteiger partial charge >= 0.3 is 0 Å². The maximum atomic E-state index is 9.70. The van der Waals surface area contributed by atoms with Crippen molar-refractivity contribution in [2.24, 2.45) is 0 Å². The number of aromatic amines is 1. The van der Waals surface area contributed by atoms with Gasteiger partial charge in [0.25, 0.3) is 0 Å². The minimum atomic E-state index is 0.118. The second-order valence-electron chi connectivity index (χ2n) is 3.24. The van der Waals surface area contributed by atoms with Crippen molar-refractivity contribution in [2.45, 2.75) is 0 Å². The number of hydrogen-bond acceptors (Lipinski definition) is 4. The van der Waals surface area contributed by atoms with Crippen LogP contribution < -0.4 is 14.2 Å². The molecule has 16 heavy (non-hydrogen) atoms. The maximum absolute atomic E-state index is 9.70. The van der Waals surface area contributed by atoms with E-state index in [4.69, 9.17) is 14.2 Å². The van der Waals surface area contributed by atoms with Crippen LogP contribution in [0.3, 0.4) is 0 Å². The van der Waals surface area contributed by atoms with Crippen molar-refractivity contribution >= 4 is 10.9 Å². The fourth-order valence-electron chi connectivity index (χ4n) is 1.74. The number of rotatable bonds is 3. The molecule has 0 aliphatic rings. The Labute approximate surface area is 92.6 Å². The zero-order chi connectivity index (χ0) is 11.7. The Morgan fingerprint density at radius 1 is 1.06 bits per heavy atom. The third kappa shape index (κ3) is 1.32. The topological polar surface area (TPSA) is 63.7 Å². The summed E-state index contributed by atoms with van der Waals surface area (Å²) in [7, 11) is 4.59. The molecule has 86 valence electrons. The van der Waals surface area contributed by atoms with E-state index in [9.17, 15) is 5.11 Å². The minimum Gasteiger partial charge on any atom is -0.506 e. The summed E-state index contributed by atoms with van der Waals surface area (Å²) in [6.45, 7) is 0. The summed E-state index contributed by atoms with van der Waals surface area (Å²) in [6.07, 6.45) is 1.49. The van der Waals surface area contributed by atoms with E-state index in [1.54, 1.807) is 13.2 Å². The van der Waals surface area contributed by atoms with E-state index >= 15 is 0 Å². The lowest BCUT2D eigenvalue weighted by Crippen LogP contribution is -1.95. The third-order valence-corrected chi connectivity index (χ3v) is 2.45. The Kier molecular flexibility index (Phi) is 2.52. The zero-order valence-corrected chi connectivity index (χ0v) is 9.33. The van der Waals surface area contributed by atoms with E-state index in [0.29, 0.717) is 22.6 Å². The number of methoxy groups -OCH3 is 3. The molecule has 0 aliphatic heterocycles. The molecule has 2 N–H and O–H groups in total. The zero-order valence-electron chi connectivity index (χ0n) is 9.33. The van der Waals surface area contributed by atoms with Crippen molar-refractivity contribution < 1.29 is 19.3 Å². The molecule has 0 bridgehead atoms. The molecule has 1 aromatic heterocycles. The largest absolute Gasteiger partial charge is 0.506 e. The Bertz CT molecular complexity index is 518. The molecular formula is C11H13NO4. The predicted molar refractivity (Wildman–Crippen MR) is 59.6 cm³/mol. The molecule has 0 aliphatic carbocycles. The van der Waals surface area contributed by atoms with Gasteiger partial charge in [0.2, 0.25) is 5.75 Å². The number of ether oxygens (including phenoxy) is 3. The van der Waals surface area contributed by atoms with Gasteiger partial charge in [-0.15, -0.1) is 0 Å². The highest BCUT2D eigenvalue weighted by molar-refractivity contribution is 5.95. The number of hydrogen-bond donors (Lipinski definition) is 2. The number of aromatic nitrogens is 1. The van der Waals surface area contributed by atoms with Crippen molar-refractivity contribution in [3.63, 3.8) is 0 Å². The van der Waals surface area contributed by atoms with Gasteiger partial charge in [-0.05, 0) is 0 Å². The van der Waals surface area contributed by atoms with Crippen LogP contribution in [0.15, 0.2) is 12.3 Å². The van der Waals surface area contributed by atoms with Gasteiger partial charge in [0.15, 0.2) is 11.5 Å². The first-order valence-corrected chi connectivity index (χ1v) is 4.72. The molecule has 0 atom stereocenters. The molecule has 1 aromatic carbocycles. The Morgan fingerprint density at radius 2 is 1.75 bits per heavy atom. The summed E-state index contributed by atoms with van der Waals surface area (Å²) in [5.41, 5.74) is 0.729. The van der Waals surface area contributed by atoms with Gasteiger partial charge in [0.05, 0.1) is 32.2 Å². The molecule has 0 unspecified atom stereocenters. The van der Waals surface area contributed by atoms with Crippen LogP contribution in [0.25, 0.3) is 10.9 Å². The molecule has 2 rings (SSSR count). The summed E-state index contributed by atoms with van der Waals surface area (Å²) in [5, 5.41) is 10.3. The van der Waals surface area contributed by atoms with Gasteiger partial charge in [-0.25, -0.2) is 0 Å². The number of nitrogens with one attached hydrogen (secondary N) is 1. The Balaban J connectivity index is 2.85. The first-order chi connectivity index (χ1) is 7.72. The van der Waals surface area contributed by atoms with Crippen LogP contribution in [-0.2, 0) is 0 Å². The van der Waals surface area contributed by atoms with E-state index < -0.39 is 0 Å². The van der Waals surface area contributed by atoms with Gasteiger partial charge in [-0.2, -0.15) is 0 Å². The monoisotopic (exact) mass is 223 g/mol. The smallest absolute Gasteiger partial charge is 0.204 e. The highest BCUT2D eigenvalue weighted by Crippen LogP contribution is 2.46. The molecule has 0 saturated heterocycles. The molecule has 5 heteroatoms. The molecule has 1 heterocycles. The third-order valence-electron chi connectivity index (χ3n) is 2.45. The van der Waals surface area contributed by atoms with E-state index in [1.165, 1.54) is 20.4 Å². The summed E-state index contributed by atoms with van der Waals surface area (Å²) in [5.74, 6) is 1.59. The SMILES string of the molecule is COc1cc2[nH]cc(O)c2c(OC)c1OC. The van der Waals surface area contributed by atoms with Gasteiger partial charge in [-0.3, -0.25) is 0 Å². The predicted octanol–water partition coefficient (Wildman–Crippen LogP) is 1.90. The highest BCUT2D eigenvalue weighted by Gasteiger charge is 2.19. The highest BCUT2D eigenvalue weighted by atomic mass is 16.5. The molecule has 0 saturated carbocycles. The summed E-state index contributed by atoms with van der Waals surface area (Å²) >= 11 is 0. The fraction of sp³-hybridized carbons (Fsp3) is 0.273. The van der Waals surface area contributed by atoms with Crippen molar-refractivity contribution in [3.8, 4) is 23.0 Å². The molecular weight excluding hydrogens is 210 g/mol. The van der Waals surface area contributed by atoms with Crippen molar-refractivity contribution in [1.29, 1.82) is 0 Å². The first-order valence-electron chi connectivity index (χ1n) is 4.72. The van der Waals surface area contributed by atoms with Crippen LogP contribution in [-0.4, -0.2) is 31.4 Å². The summed E-state index contributed by atoms with van der Waals surface area (Å²) in [6, 6.07) is 1.75. The van der Waals surface area contributed by atoms with Crippen LogP contribution in [0, 0.1) is 0 Å². The van der Waals surface area contributed by atoms with Crippen LogP contribution in [0.4, 0.5) is 0 Å². The molecule has 2 aromatic rings. The quantitative estimate of drug-likeness (QED) is 0.834. The Hall–Kier alpha value is -2.04. The van der Waals surface area contributed by atoms with E-state index in [0.717, 1.165) is 5.52 Å². The van der Waals surface area contributed by atoms with Crippen molar-refractivity contribution in [1.82, 2.24) is 4.98 Å². The summed E-state index contributed by atoms with van der Waals surface area (Å²) < 4.78 is 15.7. The summed E-state index contributed by atoms with van der Waals surface area (Å²) in [4.78, 5) is 2.92. The number of fused-ring (bicyclic) bond motifs is 1. The second kappa shape index (κ2) is 3.84. The van der Waals surface area contributed by atoms with Gasteiger partial charge in [0, 0.05) is 12.3 Å². The number of H-pyrrole nitrogens is 1. The van der Waals surface area contributed by atoms with Crippen LogP contribution in [0.2, 0.25) is 0 Å². The fourth-order valence-corrected chi connectivity index (χ4v) is 1.74.